The van der Waals surface area contributed by atoms with Crippen LogP contribution in [0, 0.1) is 11.3 Å². The molecule has 2 N–H and O–H groups in total. The number of carboxylic acid groups (broad SMARTS) is 1. The van der Waals surface area contributed by atoms with Crippen LogP contribution in [0.25, 0.3) is 0 Å². The number of rotatable bonds is 6. The van der Waals surface area contributed by atoms with Crippen LogP contribution in [-0.4, -0.2) is 33.8 Å². The Morgan fingerprint density at radius 1 is 1.15 bits per heavy atom. The molecule has 0 saturated carbocycles. The van der Waals surface area contributed by atoms with E-state index < -0.39 is 36.0 Å². The summed E-state index contributed by atoms with van der Waals surface area (Å²) in [6.07, 6.45) is -1.64. The molecule has 0 radical (unpaired) electrons. The molecule has 0 fully saturated rings. The summed E-state index contributed by atoms with van der Waals surface area (Å²) < 4.78 is 50.9. The normalized spacial score (nSPS) is 12.7. The standard InChI is InChI=1S/C17H16N2O6S2/c1-2-26(22,23)15-10-12(11-18)8-9-14(15)16(19-17(20)21)27(24,25)13-6-4-3-5-7-13/h3-10,16,19H,2H2,1H3,(H,20,21). The second-order valence-corrected chi connectivity index (χ2v) is 9.73. The Hall–Kier alpha value is -2.90. The summed E-state index contributed by atoms with van der Waals surface area (Å²) in [5, 5.41) is 18.2. The predicted octanol–water partition coefficient (Wildman–Crippen LogP) is 2.09. The highest BCUT2D eigenvalue weighted by Crippen LogP contribution is 2.32. The molecule has 2 aromatic rings. The fourth-order valence-electron chi connectivity index (χ4n) is 2.43. The van der Waals surface area contributed by atoms with Gasteiger partial charge in [0.05, 0.1) is 27.2 Å². The van der Waals surface area contributed by atoms with Crippen LogP contribution in [0.2, 0.25) is 0 Å². The van der Waals surface area contributed by atoms with Crippen LogP contribution in [0.4, 0.5) is 4.79 Å². The number of hydrogen-bond donors (Lipinski definition) is 2. The van der Waals surface area contributed by atoms with Crippen LogP contribution >= 0.6 is 0 Å². The third-order valence-electron chi connectivity index (χ3n) is 3.78. The molecule has 10 heteroatoms. The van der Waals surface area contributed by atoms with Crippen LogP contribution in [0.3, 0.4) is 0 Å². The van der Waals surface area contributed by atoms with Crippen molar-refractivity contribution in [3.63, 3.8) is 0 Å². The first-order valence-corrected chi connectivity index (χ1v) is 10.9. The number of hydrogen-bond acceptors (Lipinski definition) is 6. The minimum Gasteiger partial charge on any atom is -0.465 e. The minimum absolute atomic E-state index is 0.0111. The van der Waals surface area contributed by atoms with Crippen LogP contribution in [0.5, 0.6) is 0 Å². The quantitative estimate of drug-likeness (QED) is 0.745. The smallest absolute Gasteiger partial charge is 0.405 e. The molecule has 0 aliphatic heterocycles. The SMILES string of the molecule is CCS(=O)(=O)c1cc(C#N)ccc1C(NC(=O)O)S(=O)(=O)c1ccccc1. The molecule has 0 aliphatic carbocycles. The van der Waals surface area contributed by atoms with Gasteiger partial charge in [0.2, 0.25) is 9.84 Å². The highest BCUT2D eigenvalue weighted by molar-refractivity contribution is 7.92. The maximum atomic E-state index is 13.0. The van der Waals surface area contributed by atoms with Gasteiger partial charge in [-0.05, 0) is 24.3 Å². The van der Waals surface area contributed by atoms with Crippen LogP contribution in [-0.2, 0) is 19.7 Å². The summed E-state index contributed by atoms with van der Waals surface area (Å²) in [5.74, 6) is -0.347. The summed E-state index contributed by atoms with van der Waals surface area (Å²) in [4.78, 5) is 10.7. The van der Waals surface area contributed by atoms with Crippen molar-refractivity contribution < 1.29 is 26.7 Å². The van der Waals surface area contributed by atoms with Gasteiger partial charge in [0.15, 0.2) is 15.2 Å². The van der Waals surface area contributed by atoms with Crippen LogP contribution in [0.1, 0.15) is 23.4 Å². The van der Waals surface area contributed by atoms with Crippen molar-refractivity contribution in [1.29, 1.82) is 5.26 Å². The lowest BCUT2D eigenvalue weighted by atomic mass is 10.1. The fraction of sp³-hybridized carbons (Fsp3) is 0.176. The third kappa shape index (κ3) is 4.27. The molecule has 2 aromatic carbocycles. The van der Waals surface area contributed by atoms with E-state index in [1.807, 2.05) is 5.32 Å². The van der Waals surface area contributed by atoms with Gasteiger partial charge in [0.1, 0.15) is 0 Å². The zero-order valence-corrected chi connectivity index (χ0v) is 15.8. The Labute approximate surface area is 156 Å². The summed E-state index contributed by atoms with van der Waals surface area (Å²) in [5.41, 5.74) is -0.251. The lowest BCUT2D eigenvalue weighted by Crippen LogP contribution is -2.34. The Morgan fingerprint density at radius 2 is 1.78 bits per heavy atom. The van der Waals surface area contributed by atoms with Crippen molar-refractivity contribution in [3.8, 4) is 6.07 Å². The Bertz CT molecular complexity index is 1100. The van der Waals surface area contributed by atoms with E-state index in [9.17, 15) is 21.6 Å². The average Bonchev–Trinajstić information content (AvgIpc) is 2.66. The molecule has 0 saturated heterocycles. The predicted molar refractivity (Wildman–Crippen MR) is 96.4 cm³/mol. The minimum atomic E-state index is -4.30. The molecule has 0 heterocycles. The first kappa shape index (κ1) is 20.4. The van der Waals surface area contributed by atoms with Gasteiger partial charge in [-0.2, -0.15) is 5.26 Å². The first-order valence-electron chi connectivity index (χ1n) is 7.68. The van der Waals surface area contributed by atoms with E-state index in [0.717, 1.165) is 12.1 Å². The molecule has 0 bridgehead atoms. The zero-order chi connectivity index (χ0) is 20.2. The fourth-order valence-corrected chi connectivity index (χ4v) is 5.27. The maximum absolute atomic E-state index is 13.0. The van der Waals surface area contributed by atoms with Gasteiger partial charge in [0.25, 0.3) is 0 Å². The second kappa shape index (κ2) is 7.77. The van der Waals surface area contributed by atoms with Gasteiger partial charge in [-0.15, -0.1) is 0 Å². The van der Waals surface area contributed by atoms with E-state index in [1.54, 1.807) is 12.1 Å². The van der Waals surface area contributed by atoms with Gasteiger partial charge in [-0.3, -0.25) is 0 Å². The summed E-state index contributed by atoms with van der Waals surface area (Å²) in [6.45, 7) is 1.36. The Kier molecular flexibility index (Phi) is 5.88. The second-order valence-electron chi connectivity index (χ2n) is 5.46. The molecule has 2 rings (SSSR count). The molecular weight excluding hydrogens is 392 g/mol. The number of nitrogens with one attached hydrogen (secondary N) is 1. The van der Waals surface area contributed by atoms with Crippen molar-refractivity contribution in [1.82, 2.24) is 5.32 Å². The monoisotopic (exact) mass is 408 g/mol. The molecular formula is C17H16N2O6S2. The molecule has 0 aromatic heterocycles. The van der Waals surface area contributed by atoms with Gasteiger partial charge >= 0.3 is 6.09 Å². The topological polar surface area (TPSA) is 141 Å². The molecule has 27 heavy (non-hydrogen) atoms. The van der Waals surface area contributed by atoms with Gasteiger partial charge < -0.3 is 10.4 Å². The van der Waals surface area contributed by atoms with Gasteiger partial charge in [-0.1, -0.05) is 31.2 Å². The van der Waals surface area contributed by atoms with E-state index in [1.165, 1.54) is 37.3 Å². The van der Waals surface area contributed by atoms with E-state index in [0.29, 0.717) is 0 Å². The molecule has 8 nitrogen and oxygen atoms in total. The molecule has 0 aliphatic rings. The summed E-state index contributed by atoms with van der Waals surface area (Å²) in [6, 6.07) is 12.3. The number of amides is 1. The van der Waals surface area contributed by atoms with E-state index >= 15 is 0 Å². The van der Waals surface area contributed by atoms with Gasteiger partial charge in [0, 0.05) is 5.56 Å². The molecule has 142 valence electrons. The Balaban J connectivity index is 2.80. The number of benzene rings is 2. The maximum Gasteiger partial charge on any atom is 0.405 e. The first-order chi connectivity index (χ1) is 12.6. The third-order valence-corrected chi connectivity index (χ3v) is 7.48. The van der Waals surface area contributed by atoms with Crippen LogP contribution < -0.4 is 5.32 Å². The van der Waals surface area contributed by atoms with Crippen molar-refractivity contribution in [2.24, 2.45) is 0 Å². The van der Waals surface area contributed by atoms with Crippen molar-refractivity contribution >= 4 is 25.8 Å². The van der Waals surface area contributed by atoms with Crippen molar-refractivity contribution in [2.75, 3.05) is 5.75 Å². The van der Waals surface area contributed by atoms with E-state index in [4.69, 9.17) is 10.4 Å². The highest BCUT2D eigenvalue weighted by Gasteiger charge is 2.34. The molecule has 1 atom stereocenters. The van der Waals surface area contributed by atoms with E-state index in [2.05, 4.69) is 0 Å². The average molecular weight is 408 g/mol. The largest absolute Gasteiger partial charge is 0.465 e. The van der Waals surface area contributed by atoms with Crippen LogP contribution in [0.15, 0.2) is 58.3 Å². The number of nitriles is 1. The lowest BCUT2D eigenvalue weighted by molar-refractivity contribution is 0.193. The Morgan fingerprint density at radius 3 is 2.30 bits per heavy atom. The molecule has 1 unspecified atom stereocenters. The van der Waals surface area contributed by atoms with Gasteiger partial charge in [-0.25, -0.2) is 21.6 Å². The zero-order valence-electron chi connectivity index (χ0n) is 14.2. The highest BCUT2D eigenvalue weighted by atomic mass is 32.2. The lowest BCUT2D eigenvalue weighted by Gasteiger charge is -2.21. The summed E-state index contributed by atoms with van der Waals surface area (Å²) >= 11 is 0. The number of nitrogens with zero attached hydrogens (tertiary/aromatic N) is 1. The number of carbonyl (C=O) groups is 1. The van der Waals surface area contributed by atoms with E-state index in [-0.39, 0.29) is 21.8 Å². The molecule has 1 amide bonds. The van der Waals surface area contributed by atoms with Crippen molar-refractivity contribution in [3.05, 3.63) is 59.7 Å². The molecule has 0 spiro atoms. The number of sulfone groups is 2. The summed E-state index contributed by atoms with van der Waals surface area (Å²) in [7, 11) is -8.23. The van der Waals surface area contributed by atoms with Crippen molar-refractivity contribution in [2.45, 2.75) is 22.1 Å².